The van der Waals surface area contributed by atoms with Crippen molar-refractivity contribution in [1.29, 1.82) is 0 Å². The number of hydrogen-bond acceptors (Lipinski definition) is 3. The minimum absolute atomic E-state index is 0.00541. The lowest BCUT2D eigenvalue weighted by Crippen LogP contribution is -2.37. The third-order valence-electron chi connectivity index (χ3n) is 2.87. The average Bonchev–Trinajstić information content (AvgIpc) is 2.23. The maximum Gasteiger partial charge on any atom is 0.0599 e. The standard InChI is InChI=1S/C13H28N2O/c1-13(2,3)16-12-8-14-7-11-15-9-5-4-6-10-15/h14H,4-12H2,1-3H3. The smallest absolute Gasteiger partial charge is 0.0599 e. The summed E-state index contributed by atoms with van der Waals surface area (Å²) in [6, 6.07) is 0. The molecule has 0 aliphatic carbocycles. The van der Waals surface area contributed by atoms with Crippen LogP contribution in [0, 0.1) is 0 Å². The number of nitrogens with one attached hydrogen (secondary N) is 1. The van der Waals surface area contributed by atoms with Crippen molar-refractivity contribution in [3.63, 3.8) is 0 Å². The molecule has 3 nitrogen and oxygen atoms in total. The van der Waals surface area contributed by atoms with Gasteiger partial charge in [-0.1, -0.05) is 6.42 Å². The summed E-state index contributed by atoms with van der Waals surface area (Å²) in [7, 11) is 0. The molecule has 16 heavy (non-hydrogen) atoms. The summed E-state index contributed by atoms with van der Waals surface area (Å²) in [4.78, 5) is 2.56. The van der Waals surface area contributed by atoms with E-state index in [9.17, 15) is 0 Å². The van der Waals surface area contributed by atoms with E-state index in [4.69, 9.17) is 4.74 Å². The maximum absolute atomic E-state index is 5.65. The zero-order valence-electron chi connectivity index (χ0n) is 11.2. The lowest BCUT2D eigenvalue weighted by atomic mass is 10.1. The Morgan fingerprint density at radius 1 is 1.06 bits per heavy atom. The van der Waals surface area contributed by atoms with Crippen LogP contribution in [0.1, 0.15) is 40.0 Å². The Hall–Kier alpha value is -0.120. The quantitative estimate of drug-likeness (QED) is 0.703. The molecule has 1 heterocycles. The third-order valence-corrected chi connectivity index (χ3v) is 2.87. The first-order valence-corrected chi connectivity index (χ1v) is 6.65. The van der Waals surface area contributed by atoms with E-state index < -0.39 is 0 Å². The van der Waals surface area contributed by atoms with Gasteiger partial charge in [0.2, 0.25) is 0 Å². The Labute approximate surface area is 101 Å². The van der Waals surface area contributed by atoms with Crippen LogP contribution in [0.5, 0.6) is 0 Å². The Kier molecular flexibility index (Phi) is 6.32. The van der Waals surface area contributed by atoms with Gasteiger partial charge in [0.25, 0.3) is 0 Å². The molecular formula is C13H28N2O. The third kappa shape index (κ3) is 7.20. The van der Waals surface area contributed by atoms with Crippen LogP contribution in [0.2, 0.25) is 0 Å². The summed E-state index contributed by atoms with van der Waals surface area (Å²) in [6.45, 7) is 12.9. The first-order chi connectivity index (χ1) is 7.58. The largest absolute Gasteiger partial charge is 0.375 e. The molecule has 0 aromatic rings. The zero-order chi connectivity index (χ0) is 11.9. The van der Waals surface area contributed by atoms with Gasteiger partial charge >= 0.3 is 0 Å². The van der Waals surface area contributed by atoms with Crippen LogP contribution >= 0.6 is 0 Å². The Bertz CT molecular complexity index is 171. The highest BCUT2D eigenvalue weighted by Crippen LogP contribution is 2.07. The van der Waals surface area contributed by atoms with E-state index in [1.165, 1.54) is 38.9 Å². The van der Waals surface area contributed by atoms with Gasteiger partial charge in [-0.05, 0) is 46.7 Å². The van der Waals surface area contributed by atoms with E-state index in [1.807, 2.05) is 0 Å². The van der Waals surface area contributed by atoms with E-state index in [-0.39, 0.29) is 5.60 Å². The van der Waals surface area contributed by atoms with E-state index >= 15 is 0 Å². The van der Waals surface area contributed by atoms with Crippen LogP contribution in [0.4, 0.5) is 0 Å². The molecule has 96 valence electrons. The van der Waals surface area contributed by atoms with Gasteiger partial charge in [0.15, 0.2) is 0 Å². The molecular weight excluding hydrogens is 200 g/mol. The molecule has 0 radical (unpaired) electrons. The van der Waals surface area contributed by atoms with Gasteiger partial charge in [0.1, 0.15) is 0 Å². The number of likely N-dealkylation sites (tertiary alicyclic amines) is 1. The molecule has 1 rings (SSSR count). The second-order valence-electron chi connectivity index (χ2n) is 5.61. The Balaban J connectivity index is 1.87. The molecule has 0 saturated carbocycles. The van der Waals surface area contributed by atoms with Gasteiger partial charge in [0, 0.05) is 19.6 Å². The highest BCUT2D eigenvalue weighted by atomic mass is 16.5. The lowest BCUT2D eigenvalue weighted by molar-refractivity contribution is -0.000908. The van der Waals surface area contributed by atoms with E-state index in [0.717, 1.165) is 19.7 Å². The van der Waals surface area contributed by atoms with Gasteiger partial charge in [-0.25, -0.2) is 0 Å². The van der Waals surface area contributed by atoms with Crippen molar-refractivity contribution in [3.8, 4) is 0 Å². The lowest BCUT2D eigenvalue weighted by Gasteiger charge is -2.26. The molecule has 0 spiro atoms. The number of piperidine rings is 1. The number of rotatable bonds is 6. The van der Waals surface area contributed by atoms with Crippen molar-refractivity contribution in [2.24, 2.45) is 0 Å². The molecule has 0 bridgehead atoms. The second kappa shape index (κ2) is 7.25. The molecule has 1 N–H and O–H groups in total. The second-order valence-corrected chi connectivity index (χ2v) is 5.61. The normalized spacial score (nSPS) is 18.9. The number of hydrogen-bond donors (Lipinski definition) is 1. The van der Waals surface area contributed by atoms with Crippen molar-refractivity contribution in [2.45, 2.75) is 45.6 Å². The van der Waals surface area contributed by atoms with Crippen molar-refractivity contribution >= 4 is 0 Å². The van der Waals surface area contributed by atoms with Gasteiger partial charge in [-0.2, -0.15) is 0 Å². The summed E-state index contributed by atoms with van der Waals surface area (Å²) in [6.07, 6.45) is 4.18. The Morgan fingerprint density at radius 3 is 2.38 bits per heavy atom. The van der Waals surface area contributed by atoms with Crippen molar-refractivity contribution < 1.29 is 4.74 Å². The van der Waals surface area contributed by atoms with E-state index in [1.54, 1.807) is 0 Å². The van der Waals surface area contributed by atoms with Crippen molar-refractivity contribution in [1.82, 2.24) is 10.2 Å². The topological polar surface area (TPSA) is 24.5 Å². The van der Waals surface area contributed by atoms with Gasteiger partial charge < -0.3 is 15.0 Å². The molecule has 1 aliphatic heterocycles. The predicted octanol–water partition coefficient (Wildman–Crippen LogP) is 1.88. The first-order valence-electron chi connectivity index (χ1n) is 6.65. The van der Waals surface area contributed by atoms with Gasteiger partial charge in [0.05, 0.1) is 12.2 Å². The summed E-state index contributed by atoms with van der Waals surface area (Å²) < 4.78 is 5.65. The predicted molar refractivity (Wildman–Crippen MR) is 68.9 cm³/mol. The first kappa shape index (κ1) is 13.9. The number of ether oxygens (including phenoxy) is 1. The minimum Gasteiger partial charge on any atom is -0.375 e. The number of nitrogens with zero attached hydrogens (tertiary/aromatic N) is 1. The molecule has 1 fully saturated rings. The van der Waals surface area contributed by atoms with Crippen LogP contribution in [-0.4, -0.2) is 49.8 Å². The van der Waals surface area contributed by atoms with Gasteiger partial charge in [-0.3, -0.25) is 0 Å². The van der Waals surface area contributed by atoms with Crippen molar-refractivity contribution in [2.75, 3.05) is 39.3 Å². The highest BCUT2D eigenvalue weighted by molar-refractivity contribution is 4.65. The monoisotopic (exact) mass is 228 g/mol. The van der Waals surface area contributed by atoms with Crippen LogP contribution in [0.25, 0.3) is 0 Å². The van der Waals surface area contributed by atoms with Crippen LogP contribution in [0.3, 0.4) is 0 Å². The molecule has 0 amide bonds. The van der Waals surface area contributed by atoms with Gasteiger partial charge in [-0.15, -0.1) is 0 Å². The summed E-state index contributed by atoms with van der Waals surface area (Å²) in [5.41, 5.74) is -0.00541. The fraction of sp³-hybridized carbons (Fsp3) is 1.00. The molecule has 0 atom stereocenters. The zero-order valence-corrected chi connectivity index (χ0v) is 11.2. The van der Waals surface area contributed by atoms with Crippen LogP contribution in [-0.2, 0) is 4.74 Å². The molecule has 3 heteroatoms. The molecule has 0 aromatic heterocycles. The molecule has 1 saturated heterocycles. The fourth-order valence-corrected chi connectivity index (χ4v) is 1.97. The minimum atomic E-state index is -0.00541. The van der Waals surface area contributed by atoms with E-state index in [2.05, 4.69) is 31.0 Å². The SMILES string of the molecule is CC(C)(C)OCCNCCN1CCCCC1. The van der Waals surface area contributed by atoms with Crippen LogP contribution in [0.15, 0.2) is 0 Å². The fourth-order valence-electron chi connectivity index (χ4n) is 1.97. The molecule has 0 unspecified atom stereocenters. The Morgan fingerprint density at radius 2 is 1.75 bits per heavy atom. The highest BCUT2D eigenvalue weighted by Gasteiger charge is 2.10. The molecule has 0 aromatic carbocycles. The summed E-state index contributed by atoms with van der Waals surface area (Å²) in [5, 5.41) is 3.44. The average molecular weight is 228 g/mol. The molecule has 1 aliphatic rings. The van der Waals surface area contributed by atoms with Crippen molar-refractivity contribution in [3.05, 3.63) is 0 Å². The summed E-state index contributed by atoms with van der Waals surface area (Å²) >= 11 is 0. The summed E-state index contributed by atoms with van der Waals surface area (Å²) in [5.74, 6) is 0. The maximum atomic E-state index is 5.65. The van der Waals surface area contributed by atoms with E-state index in [0.29, 0.717) is 0 Å². The van der Waals surface area contributed by atoms with Crippen LogP contribution < -0.4 is 5.32 Å².